The smallest absolute Gasteiger partial charge is 0.410 e. The minimum atomic E-state index is -0.462. The summed E-state index contributed by atoms with van der Waals surface area (Å²) in [6, 6.07) is 12.9. The van der Waals surface area contributed by atoms with E-state index >= 15 is 0 Å². The molecule has 0 radical (unpaired) electrons. The highest BCUT2D eigenvalue weighted by molar-refractivity contribution is 7.16. The number of amides is 2. The molecule has 1 saturated carbocycles. The lowest BCUT2D eigenvalue weighted by molar-refractivity contribution is -0.129. The van der Waals surface area contributed by atoms with Crippen molar-refractivity contribution in [1.29, 1.82) is 0 Å². The van der Waals surface area contributed by atoms with Gasteiger partial charge in [-0.2, -0.15) is 0 Å². The summed E-state index contributed by atoms with van der Waals surface area (Å²) in [7, 11) is 0. The summed E-state index contributed by atoms with van der Waals surface area (Å²) in [6.07, 6.45) is 6.60. The van der Waals surface area contributed by atoms with Crippen LogP contribution in [0.2, 0.25) is 0 Å². The Morgan fingerprint density at radius 2 is 1.84 bits per heavy atom. The molecule has 9 heteroatoms. The van der Waals surface area contributed by atoms with Gasteiger partial charge in [0.1, 0.15) is 17.9 Å². The number of carbonyl (C=O) groups is 2. The molecule has 8 nitrogen and oxygen atoms in total. The summed E-state index contributed by atoms with van der Waals surface area (Å²) in [4.78, 5) is 43.6. The number of thiazole rings is 1. The number of phenols is 1. The molecule has 0 spiro atoms. The van der Waals surface area contributed by atoms with Gasteiger partial charge in [0.15, 0.2) is 0 Å². The molecule has 37 heavy (non-hydrogen) atoms. The maximum atomic E-state index is 13.2. The van der Waals surface area contributed by atoms with E-state index in [0.29, 0.717) is 36.3 Å². The molecule has 2 amide bonds. The average Bonchev–Trinajstić information content (AvgIpc) is 3.33. The van der Waals surface area contributed by atoms with E-state index in [1.165, 1.54) is 12.5 Å². The van der Waals surface area contributed by atoms with E-state index in [9.17, 15) is 19.5 Å². The number of aromatic amines is 1. The van der Waals surface area contributed by atoms with Crippen molar-refractivity contribution in [2.75, 3.05) is 19.6 Å². The summed E-state index contributed by atoms with van der Waals surface area (Å²) in [6.45, 7) is 4.86. The number of benzene rings is 2. The molecule has 4 rings (SSSR count). The van der Waals surface area contributed by atoms with Gasteiger partial charge in [-0.3, -0.25) is 9.59 Å². The van der Waals surface area contributed by atoms with E-state index in [1.807, 2.05) is 35.2 Å². The van der Waals surface area contributed by atoms with E-state index in [-0.39, 0.29) is 29.2 Å². The number of nitrogens with zero attached hydrogens (tertiary/aromatic N) is 2. The molecule has 0 bridgehead atoms. The number of phenolic OH excluding ortho intramolecular Hbond substituents is 1. The van der Waals surface area contributed by atoms with Crippen LogP contribution >= 0.6 is 11.3 Å². The predicted molar refractivity (Wildman–Crippen MR) is 145 cm³/mol. The lowest BCUT2D eigenvalue weighted by atomic mass is 9.94. The monoisotopic (exact) mass is 523 g/mol. The van der Waals surface area contributed by atoms with Crippen molar-refractivity contribution in [3.63, 3.8) is 0 Å². The Bertz CT molecular complexity index is 1280. The van der Waals surface area contributed by atoms with Crippen LogP contribution in [0.5, 0.6) is 5.75 Å². The fourth-order valence-electron chi connectivity index (χ4n) is 4.84. The van der Waals surface area contributed by atoms with E-state index in [2.05, 4.69) is 11.6 Å². The van der Waals surface area contributed by atoms with Crippen molar-refractivity contribution in [3.05, 3.63) is 75.9 Å². The SMILES string of the molecule is C=CC(=O)N(CCN(CCc1ccc(O)c2[nH]c(=O)sc12)C(=O)OCc1ccccc1)C1CCCCC1. The van der Waals surface area contributed by atoms with Gasteiger partial charge in [-0.05, 0) is 42.5 Å². The molecule has 196 valence electrons. The number of H-pyrrole nitrogens is 1. The highest BCUT2D eigenvalue weighted by Crippen LogP contribution is 2.28. The fraction of sp³-hybridized carbons (Fsp3) is 0.393. The van der Waals surface area contributed by atoms with E-state index in [4.69, 9.17) is 4.74 Å². The van der Waals surface area contributed by atoms with Crippen molar-refractivity contribution in [3.8, 4) is 5.75 Å². The van der Waals surface area contributed by atoms with Crippen LogP contribution in [-0.2, 0) is 22.6 Å². The first-order chi connectivity index (χ1) is 18.0. The van der Waals surface area contributed by atoms with Gasteiger partial charge < -0.3 is 24.6 Å². The number of fused-ring (bicyclic) bond motifs is 1. The van der Waals surface area contributed by atoms with Gasteiger partial charge in [0.2, 0.25) is 5.91 Å². The Morgan fingerprint density at radius 1 is 1.08 bits per heavy atom. The highest BCUT2D eigenvalue weighted by atomic mass is 32.1. The molecular formula is C28H33N3O5S. The molecule has 2 aromatic carbocycles. The number of hydrogen-bond donors (Lipinski definition) is 2. The molecule has 1 aliphatic carbocycles. The molecule has 2 N–H and O–H groups in total. The third-order valence-electron chi connectivity index (χ3n) is 6.84. The zero-order valence-electron chi connectivity index (χ0n) is 20.9. The number of aromatic hydroxyl groups is 1. The van der Waals surface area contributed by atoms with Crippen molar-refractivity contribution in [1.82, 2.24) is 14.8 Å². The number of carbonyl (C=O) groups excluding carboxylic acids is 2. The number of ether oxygens (including phenoxy) is 1. The Labute approximate surface area is 220 Å². The molecule has 3 aromatic rings. The summed E-state index contributed by atoms with van der Waals surface area (Å²) >= 11 is 1.03. The van der Waals surface area contributed by atoms with Crippen LogP contribution in [0.3, 0.4) is 0 Å². The fourth-order valence-corrected chi connectivity index (χ4v) is 5.74. The minimum Gasteiger partial charge on any atom is -0.506 e. The molecule has 1 fully saturated rings. The first-order valence-electron chi connectivity index (χ1n) is 12.7. The Balaban J connectivity index is 1.49. The zero-order chi connectivity index (χ0) is 26.2. The maximum Gasteiger partial charge on any atom is 0.410 e. The largest absolute Gasteiger partial charge is 0.506 e. The van der Waals surface area contributed by atoms with E-state index in [1.54, 1.807) is 17.0 Å². The van der Waals surface area contributed by atoms with Gasteiger partial charge in [-0.25, -0.2) is 4.79 Å². The van der Waals surface area contributed by atoms with Crippen molar-refractivity contribution >= 4 is 33.6 Å². The summed E-state index contributed by atoms with van der Waals surface area (Å²) in [5.41, 5.74) is 2.15. The van der Waals surface area contributed by atoms with Crippen LogP contribution in [-0.4, -0.2) is 57.6 Å². The van der Waals surface area contributed by atoms with Gasteiger partial charge in [0.05, 0.1) is 4.70 Å². The molecule has 1 aromatic heterocycles. The van der Waals surface area contributed by atoms with Gasteiger partial charge >= 0.3 is 11.0 Å². The second-order valence-corrected chi connectivity index (χ2v) is 10.3. The standard InChI is InChI=1S/C28H33N3O5S/c1-2-24(33)31(22-11-7-4-8-12-22)18-17-30(28(35)36-19-20-9-5-3-6-10-20)16-15-21-13-14-23(32)25-26(21)37-27(34)29-25/h2-3,5-6,9-10,13-14,22,32H,1,4,7-8,11-12,15-19H2,(H,29,34). The second-order valence-electron chi connectivity index (χ2n) is 9.27. The van der Waals surface area contributed by atoms with E-state index < -0.39 is 6.09 Å². The molecule has 0 atom stereocenters. The van der Waals surface area contributed by atoms with Gasteiger partial charge in [0.25, 0.3) is 0 Å². The lowest BCUT2D eigenvalue weighted by Crippen LogP contribution is -2.46. The second kappa shape index (κ2) is 12.6. The predicted octanol–water partition coefficient (Wildman–Crippen LogP) is 4.82. The van der Waals surface area contributed by atoms with Crippen LogP contribution in [0.4, 0.5) is 4.79 Å². The van der Waals surface area contributed by atoms with Crippen molar-refractivity contribution in [2.45, 2.75) is 51.2 Å². The number of hydrogen-bond acceptors (Lipinski definition) is 6. The lowest BCUT2D eigenvalue weighted by Gasteiger charge is -2.35. The Hall–Kier alpha value is -3.59. The summed E-state index contributed by atoms with van der Waals surface area (Å²) < 4.78 is 6.30. The third-order valence-corrected chi connectivity index (χ3v) is 7.80. The van der Waals surface area contributed by atoms with Crippen LogP contribution in [0, 0.1) is 0 Å². The summed E-state index contributed by atoms with van der Waals surface area (Å²) in [5.74, 6) is -0.107. The zero-order valence-corrected chi connectivity index (χ0v) is 21.7. The molecule has 0 unspecified atom stereocenters. The topological polar surface area (TPSA) is 103 Å². The van der Waals surface area contributed by atoms with Crippen LogP contribution in [0.15, 0.2) is 59.9 Å². The molecular weight excluding hydrogens is 490 g/mol. The quantitative estimate of drug-likeness (QED) is 0.371. The molecule has 1 aliphatic rings. The Morgan fingerprint density at radius 3 is 2.57 bits per heavy atom. The first kappa shape index (κ1) is 26.5. The normalized spacial score (nSPS) is 13.8. The van der Waals surface area contributed by atoms with Gasteiger partial charge in [0, 0.05) is 25.7 Å². The third kappa shape index (κ3) is 6.80. The van der Waals surface area contributed by atoms with Crippen LogP contribution in [0.25, 0.3) is 10.2 Å². The first-order valence-corrected chi connectivity index (χ1v) is 13.5. The number of rotatable bonds is 10. The maximum absolute atomic E-state index is 13.2. The van der Waals surface area contributed by atoms with Crippen molar-refractivity contribution < 1.29 is 19.4 Å². The molecule has 1 heterocycles. The van der Waals surface area contributed by atoms with Crippen LogP contribution < -0.4 is 4.87 Å². The van der Waals surface area contributed by atoms with Gasteiger partial charge in [-0.1, -0.05) is 73.6 Å². The average molecular weight is 524 g/mol. The van der Waals surface area contributed by atoms with Gasteiger partial charge in [-0.15, -0.1) is 0 Å². The Kier molecular flexibility index (Phi) is 9.00. The summed E-state index contributed by atoms with van der Waals surface area (Å²) in [5, 5.41) is 10.1. The van der Waals surface area contributed by atoms with Crippen LogP contribution in [0.1, 0.15) is 43.2 Å². The number of aromatic nitrogens is 1. The minimum absolute atomic E-state index is 0.0160. The number of nitrogens with one attached hydrogen (secondary N) is 1. The molecule has 0 aliphatic heterocycles. The highest BCUT2D eigenvalue weighted by Gasteiger charge is 2.26. The molecule has 0 saturated heterocycles. The van der Waals surface area contributed by atoms with E-state index in [0.717, 1.165) is 48.1 Å². The van der Waals surface area contributed by atoms with Crippen molar-refractivity contribution in [2.24, 2.45) is 0 Å².